The Kier molecular flexibility index (Phi) is 4.14. The van der Waals surface area contributed by atoms with Crippen molar-refractivity contribution in [3.63, 3.8) is 0 Å². The van der Waals surface area contributed by atoms with Gasteiger partial charge in [0.05, 0.1) is 11.8 Å². The van der Waals surface area contributed by atoms with Crippen molar-refractivity contribution in [3.05, 3.63) is 35.4 Å². The summed E-state index contributed by atoms with van der Waals surface area (Å²) in [5.74, 6) is 2.16. The first-order valence-electron chi connectivity index (χ1n) is 8.78. The molecule has 3 nitrogen and oxygen atoms in total. The molecule has 0 spiro atoms. The van der Waals surface area contributed by atoms with Gasteiger partial charge < -0.3 is 4.90 Å². The molecular weight excluding hydrogens is 304 g/mol. The number of carbonyl (C=O) groups excluding carboxylic acids is 1. The van der Waals surface area contributed by atoms with Crippen LogP contribution in [0, 0.1) is 12.8 Å². The molecule has 4 fully saturated rings. The van der Waals surface area contributed by atoms with Crippen LogP contribution in [-0.2, 0) is 4.79 Å². The van der Waals surface area contributed by atoms with Crippen LogP contribution < -0.4 is 0 Å². The van der Waals surface area contributed by atoms with Crippen molar-refractivity contribution in [2.45, 2.75) is 37.8 Å². The summed E-state index contributed by atoms with van der Waals surface area (Å²) in [5.41, 5.74) is 2.72. The zero-order valence-corrected chi connectivity index (χ0v) is 14.9. The molecule has 4 heterocycles. The molecule has 4 aliphatic rings. The van der Waals surface area contributed by atoms with Crippen LogP contribution >= 0.6 is 11.8 Å². The van der Waals surface area contributed by atoms with Crippen molar-refractivity contribution >= 4 is 17.7 Å². The van der Waals surface area contributed by atoms with Gasteiger partial charge in [0.15, 0.2) is 0 Å². The lowest BCUT2D eigenvalue weighted by molar-refractivity contribution is -0.133. The third-order valence-corrected chi connectivity index (χ3v) is 6.62. The lowest BCUT2D eigenvalue weighted by atomic mass is 9.75. The molecule has 2 bridgehead atoms. The van der Waals surface area contributed by atoms with Gasteiger partial charge in [-0.2, -0.15) is 11.8 Å². The molecule has 0 N–H and O–H groups in total. The Bertz CT molecular complexity index is 580. The maximum Gasteiger partial charge on any atom is 0.232 e. The van der Waals surface area contributed by atoms with Gasteiger partial charge in [-0.15, -0.1) is 0 Å². The van der Waals surface area contributed by atoms with Crippen LogP contribution in [0.5, 0.6) is 0 Å². The predicted molar refractivity (Wildman–Crippen MR) is 95.9 cm³/mol. The Labute approximate surface area is 143 Å². The Morgan fingerprint density at radius 1 is 1.17 bits per heavy atom. The second-order valence-electron chi connectivity index (χ2n) is 7.35. The Hall–Kier alpha value is -1.00. The topological polar surface area (TPSA) is 23.6 Å². The molecule has 1 amide bonds. The molecule has 0 aliphatic carbocycles. The van der Waals surface area contributed by atoms with E-state index in [1.807, 2.05) is 6.26 Å². The fourth-order valence-corrected chi connectivity index (χ4v) is 5.43. The highest BCUT2D eigenvalue weighted by Gasteiger charge is 2.54. The smallest absolute Gasteiger partial charge is 0.232 e. The average Bonchev–Trinajstić information content (AvgIpc) is 3.00. The molecule has 4 aliphatic heterocycles. The first-order valence-corrected chi connectivity index (χ1v) is 10.2. The van der Waals surface area contributed by atoms with Crippen LogP contribution in [0.25, 0.3) is 0 Å². The zero-order chi connectivity index (χ0) is 16.0. The van der Waals surface area contributed by atoms with Crippen molar-refractivity contribution in [2.24, 2.45) is 5.92 Å². The minimum Gasteiger partial charge on any atom is -0.336 e. The average molecular weight is 330 g/mol. The summed E-state index contributed by atoms with van der Waals surface area (Å²) >= 11 is 1.65. The van der Waals surface area contributed by atoms with E-state index >= 15 is 0 Å². The highest BCUT2D eigenvalue weighted by molar-refractivity contribution is 7.99. The van der Waals surface area contributed by atoms with Crippen molar-refractivity contribution < 1.29 is 4.79 Å². The molecule has 0 radical (unpaired) electrons. The van der Waals surface area contributed by atoms with Crippen LogP contribution in [0.15, 0.2) is 24.3 Å². The fraction of sp³-hybridized carbons (Fsp3) is 0.632. The molecule has 1 aromatic carbocycles. The van der Waals surface area contributed by atoms with E-state index in [1.165, 1.54) is 37.1 Å². The third kappa shape index (κ3) is 2.60. The van der Waals surface area contributed by atoms with Gasteiger partial charge >= 0.3 is 0 Å². The summed E-state index contributed by atoms with van der Waals surface area (Å²) in [6.07, 6.45) is 4.56. The van der Waals surface area contributed by atoms with Crippen molar-refractivity contribution in [3.8, 4) is 0 Å². The maximum absolute atomic E-state index is 12.7. The number of amides is 1. The standard InChI is InChI=1S/C19H26N2OS/c1-13-3-5-14(6-4-13)16-11-21(17(22)12-23-2)18-15-7-9-20(10-8-15)19(16)18/h3-6,15-16,18-19H,7-12H2,1-2H3/t16-,18-,19-/m0/s1. The second-order valence-corrected chi connectivity index (χ2v) is 8.22. The number of thioether (sulfide) groups is 1. The lowest BCUT2D eigenvalue weighted by Gasteiger charge is -2.51. The quantitative estimate of drug-likeness (QED) is 0.851. The molecule has 124 valence electrons. The number of benzene rings is 1. The summed E-state index contributed by atoms with van der Waals surface area (Å²) in [4.78, 5) is 17.6. The van der Waals surface area contributed by atoms with E-state index in [-0.39, 0.29) is 0 Å². The minimum atomic E-state index is 0.343. The summed E-state index contributed by atoms with van der Waals surface area (Å²) < 4.78 is 0. The van der Waals surface area contributed by atoms with Gasteiger partial charge in [-0.05, 0) is 50.6 Å². The Balaban J connectivity index is 1.67. The first kappa shape index (κ1) is 15.5. The van der Waals surface area contributed by atoms with Gasteiger partial charge in [-0.3, -0.25) is 9.69 Å². The largest absolute Gasteiger partial charge is 0.336 e. The number of fused-ring (bicyclic) bond motifs is 2. The third-order valence-electron chi connectivity index (χ3n) is 6.09. The summed E-state index contributed by atoms with van der Waals surface area (Å²) in [7, 11) is 0. The number of hydrogen-bond acceptors (Lipinski definition) is 3. The van der Waals surface area contributed by atoms with E-state index in [9.17, 15) is 4.79 Å². The van der Waals surface area contributed by atoms with Gasteiger partial charge in [-0.25, -0.2) is 0 Å². The molecule has 5 rings (SSSR count). The Morgan fingerprint density at radius 3 is 2.52 bits per heavy atom. The molecule has 4 heteroatoms. The summed E-state index contributed by atoms with van der Waals surface area (Å²) in [6.45, 7) is 5.49. The molecule has 23 heavy (non-hydrogen) atoms. The number of hydrogen-bond donors (Lipinski definition) is 0. The van der Waals surface area contributed by atoms with Gasteiger partial charge in [0.1, 0.15) is 0 Å². The normalized spacial score (nSPS) is 35.4. The fourth-order valence-electron chi connectivity index (χ4n) is 5.02. The van der Waals surface area contributed by atoms with Crippen LogP contribution in [0.2, 0.25) is 0 Å². The van der Waals surface area contributed by atoms with Crippen LogP contribution in [0.1, 0.15) is 29.9 Å². The zero-order valence-electron chi connectivity index (χ0n) is 14.1. The lowest BCUT2D eigenvalue weighted by Crippen LogP contribution is -2.60. The maximum atomic E-state index is 12.7. The highest BCUT2D eigenvalue weighted by Crippen LogP contribution is 2.46. The van der Waals surface area contributed by atoms with Gasteiger partial charge in [0, 0.05) is 18.5 Å². The number of likely N-dealkylation sites (tertiary alicyclic amines) is 1. The SMILES string of the molecule is CSCC(=O)N1C[C@@H](c2ccc(C)cc2)[C@H]2[C@@H]1C1CCN2CC1. The number of piperidine rings is 3. The molecule has 0 saturated carbocycles. The van der Waals surface area contributed by atoms with E-state index in [0.717, 1.165) is 6.54 Å². The molecule has 1 aromatic rings. The summed E-state index contributed by atoms with van der Waals surface area (Å²) in [6, 6.07) is 9.98. The van der Waals surface area contributed by atoms with Crippen molar-refractivity contribution in [1.82, 2.24) is 9.80 Å². The van der Waals surface area contributed by atoms with Crippen LogP contribution in [0.3, 0.4) is 0 Å². The number of nitrogens with zero attached hydrogens (tertiary/aromatic N) is 2. The minimum absolute atomic E-state index is 0.343. The molecule has 0 unspecified atom stereocenters. The Morgan fingerprint density at radius 2 is 1.87 bits per heavy atom. The van der Waals surface area contributed by atoms with E-state index in [0.29, 0.717) is 35.6 Å². The van der Waals surface area contributed by atoms with E-state index in [2.05, 4.69) is 41.0 Å². The first-order chi connectivity index (χ1) is 11.2. The number of rotatable bonds is 3. The molecule has 0 aromatic heterocycles. The van der Waals surface area contributed by atoms with Gasteiger partial charge in [0.25, 0.3) is 0 Å². The highest BCUT2D eigenvalue weighted by atomic mass is 32.2. The number of carbonyl (C=O) groups is 1. The monoisotopic (exact) mass is 330 g/mol. The van der Waals surface area contributed by atoms with Gasteiger partial charge in [0.2, 0.25) is 5.91 Å². The molecular formula is C19H26N2OS. The van der Waals surface area contributed by atoms with Gasteiger partial charge in [-0.1, -0.05) is 29.8 Å². The van der Waals surface area contributed by atoms with E-state index < -0.39 is 0 Å². The molecule has 4 saturated heterocycles. The molecule has 3 atom stereocenters. The van der Waals surface area contributed by atoms with E-state index in [1.54, 1.807) is 11.8 Å². The second kappa shape index (κ2) is 6.14. The van der Waals surface area contributed by atoms with Crippen molar-refractivity contribution in [2.75, 3.05) is 31.6 Å². The van der Waals surface area contributed by atoms with Crippen molar-refractivity contribution in [1.29, 1.82) is 0 Å². The summed E-state index contributed by atoms with van der Waals surface area (Å²) in [5, 5.41) is 0. The van der Waals surface area contributed by atoms with Crippen LogP contribution in [0.4, 0.5) is 0 Å². The van der Waals surface area contributed by atoms with Crippen LogP contribution in [-0.4, -0.2) is 59.4 Å². The predicted octanol–water partition coefficient (Wildman–Crippen LogP) is 2.75. The van der Waals surface area contributed by atoms with E-state index in [4.69, 9.17) is 0 Å². The number of aryl methyl sites for hydroxylation is 1.